The first-order valence-corrected chi connectivity index (χ1v) is 4.24. The zero-order chi connectivity index (χ0) is 10.6. The molecule has 0 bridgehead atoms. The average molecular weight is 198 g/mol. The number of ether oxygens (including phenoxy) is 2. The van der Waals surface area contributed by atoms with Crippen molar-refractivity contribution in [2.75, 3.05) is 6.61 Å². The lowest BCUT2D eigenvalue weighted by Crippen LogP contribution is -2.04. The van der Waals surface area contributed by atoms with E-state index in [2.05, 4.69) is 0 Å². The minimum Gasteiger partial charge on any atom is -0.490 e. The summed E-state index contributed by atoms with van der Waals surface area (Å²) in [6.45, 7) is 3.47. The fraction of sp³-hybridized carbons (Fsp3) is 0.300. The monoisotopic (exact) mass is 198 g/mol. The lowest BCUT2D eigenvalue weighted by Gasteiger charge is -2.08. The average Bonchev–Trinajstić information content (AvgIpc) is 2.09. The van der Waals surface area contributed by atoms with Crippen LogP contribution >= 0.6 is 0 Å². The van der Waals surface area contributed by atoms with Crippen molar-refractivity contribution >= 4 is 5.97 Å². The molecule has 1 rings (SSSR count). The van der Waals surface area contributed by atoms with E-state index in [1.807, 2.05) is 0 Å². The molecule has 0 amide bonds. The molecule has 0 heterocycles. The van der Waals surface area contributed by atoms with Crippen molar-refractivity contribution < 1.29 is 18.7 Å². The SMILES string of the molecule is CCOc1ccc(F)cc1OC(C)=O. The van der Waals surface area contributed by atoms with Crippen LogP contribution in [0.5, 0.6) is 11.5 Å². The van der Waals surface area contributed by atoms with Gasteiger partial charge in [0.2, 0.25) is 0 Å². The molecule has 0 radical (unpaired) electrons. The minimum atomic E-state index is -0.503. The molecule has 0 atom stereocenters. The first-order valence-electron chi connectivity index (χ1n) is 4.24. The Morgan fingerprint density at radius 2 is 2.14 bits per heavy atom. The maximum atomic E-state index is 12.8. The Balaban J connectivity index is 2.96. The van der Waals surface area contributed by atoms with Crippen LogP contribution in [0.1, 0.15) is 13.8 Å². The summed E-state index contributed by atoms with van der Waals surface area (Å²) in [6, 6.07) is 3.79. The topological polar surface area (TPSA) is 35.5 Å². The lowest BCUT2D eigenvalue weighted by atomic mass is 10.3. The smallest absolute Gasteiger partial charge is 0.308 e. The molecule has 0 aliphatic heterocycles. The van der Waals surface area contributed by atoms with Gasteiger partial charge in [0, 0.05) is 13.0 Å². The molecule has 0 saturated heterocycles. The summed E-state index contributed by atoms with van der Waals surface area (Å²) in [5, 5.41) is 0. The van der Waals surface area contributed by atoms with Gasteiger partial charge in [0.15, 0.2) is 11.5 Å². The standard InChI is InChI=1S/C10H11FO3/c1-3-13-9-5-4-8(11)6-10(9)14-7(2)12/h4-6H,3H2,1-2H3. The van der Waals surface area contributed by atoms with Crippen molar-refractivity contribution in [3.05, 3.63) is 24.0 Å². The summed E-state index contributed by atoms with van der Waals surface area (Å²) in [5.41, 5.74) is 0. The number of hydrogen-bond donors (Lipinski definition) is 0. The molecule has 0 aliphatic rings. The molecule has 3 nitrogen and oxygen atoms in total. The Morgan fingerprint density at radius 3 is 2.71 bits per heavy atom. The van der Waals surface area contributed by atoms with Gasteiger partial charge in [-0.15, -0.1) is 0 Å². The predicted octanol–water partition coefficient (Wildman–Crippen LogP) is 2.15. The summed E-state index contributed by atoms with van der Waals surface area (Å²) < 4.78 is 22.7. The first kappa shape index (κ1) is 10.5. The van der Waals surface area contributed by atoms with Crippen LogP contribution in [0.25, 0.3) is 0 Å². The van der Waals surface area contributed by atoms with Crippen molar-refractivity contribution in [2.24, 2.45) is 0 Å². The fourth-order valence-corrected chi connectivity index (χ4v) is 0.991. The Bertz CT molecular complexity index is 336. The fourth-order valence-electron chi connectivity index (χ4n) is 0.991. The van der Waals surface area contributed by atoms with Crippen molar-refractivity contribution in [2.45, 2.75) is 13.8 Å². The number of rotatable bonds is 3. The number of carbonyl (C=O) groups is 1. The number of benzene rings is 1. The van der Waals surface area contributed by atoms with E-state index < -0.39 is 11.8 Å². The third-order valence-corrected chi connectivity index (χ3v) is 1.46. The molecule has 0 aromatic heterocycles. The molecule has 0 fully saturated rings. The number of halogens is 1. The Labute approximate surface area is 81.4 Å². The van der Waals surface area contributed by atoms with Crippen LogP contribution in [0.3, 0.4) is 0 Å². The van der Waals surface area contributed by atoms with E-state index in [1.54, 1.807) is 6.92 Å². The number of hydrogen-bond acceptors (Lipinski definition) is 3. The van der Waals surface area contributed by atoms with Crippen molar-refractivity contribution in [3.63, 3.8) is 0 Å². The van der Waals surface area contributed by atoms with E-state index >= 15 is 0 Å². The molecule has 0 saturated carbocycles. The molecular weight excluding hydrogens is 187 g/mol. The van der Waals surface area contributed by atoms with Gasteiger partial charge in [0.25, 0.3) is 0 Å². The van der Waals surface area contributed by atoms with Crippen LogP contribution < -0.4 is 9.47 Å². The van der Waals surface area contributed by atoms with Gasteiger partial charge >= 0.3 is 5.97 Å². The predicted molar refractivity (Wildman–Crippen MR) is 48.9 cm³/mol. The van der Waals surface area contributed by atoms with Crippen LogP contribution in [-0.2, 0) is 4.79 Å². The highest BCUT2D eigenvalue weighted by atomic mass is 19.1. The highest BCUT2D eigenvalue weighted by Gasteiger charge is 2.08. The van der Waals surface area contributed by atoms with Crippen LogP contribution in [0.2, 0.25) is 0 Å². The van der Waals surface area contributed by atoms with Gasteiger partial charge in [-0.25, -0.2) is 4.39 Å². The molecule has 76 valence electrons. The molecule has 0 unspecified atom stereocenters. The second kappa shape index (κ2) is 4.60. The van der Waals surface area contributed by atoms with E-state index in [4.69, 9.17) is 9.47 Å². The normalized spacial score (nSPS) is 9.64. The van der Waals surface area contributed by atoms with Crippen molar-refractivity contribution in [1.29, 1.82) is 0 Å². The highest BCUT2D eigenvalue weighted by molar-refractivity contribution is 5.70. The van der Waals surface area contributed by atoms with Gasteiger partial charge in [-0.3, -0.25) is 4.79 Å². The van der Waals surface area contributed by atoms with Gasteiger partial charge in [-0.1, -0.05) is 0 Å². The molecule has 4 heteroatoms. The van der Waals surface area contributed by atoms with E-state index in [0.29, 0.717) is 12.4 Å². The van der Waals surface area contributed by atoms with Gasteiger partial charge < -0.3 is 9.47 Å². The quantitative estimate of drug-likeness (QED) is 0.551. The van der Waals surface area contributed by atoms with Gasteiger partial charge in [-0.2, -0.15) is 0 Å². The molecule has 14 heavy (non-hydrogen) atoms. The Kier molecular flexibility index (Phi) is 3.45. The summed E-state index contributed by atoms with van der Waals surface area (Å²) >= 11 is 0. The molecule has 0 aliphatic carbocycles. The number of carbonyl (C=O) groups excluding carboxylic acids is 1. The van der Waals surface area contributed by atoms with E-state index in [0.717, 1.165) is 6.07 Å². The highest BCUT2D eigenvalue weighted by Crippen LogP contribution is 2.27. The maximum Gasteiger partial charge on any atom is 0.308 e. The van der Waals surface area contributed by atoms with E-state index in [1.165, 1.54) is 19.1 Å². The lowest BCUT2D eigenvalue weighted by molar-refractivity contribution is -0.132. The summed E-state index contributed by atoms with van der Waals surface area (Å²) in [6.07, 6.45) is 0. The second-order valence-corrected chi connectivity index (χ2v) is 2.62. The largest absolute Gasteiger partial charge is 0.490 e. The maximum absolute atomic E-state index is 12.8. The van der Waals surface area contributed by atoms with Crippen molar-refractivity contribution in [3.8, 4) is 11.5 Å². The molecule has 0 spiro atoms. The number of esters is 1. The summed E-state index contributed by atoms with van der Waals surface area (Å²) in [5.74, 6) is -0.496. The van der Waals surface area contributed by atoms with Gasteiger partial charge in [-0.05, 0) is 19.1 Å². The van der Waals surface area contributed by atoms with Gasteiger partial charge in [0.1, 0.15) is 5.82 Å². The van der Waals surface area contributed by atoms with E-state index in [-0.39, 0.29) is 5.75 Å². The zero-order valence-corrected chi connectivity index (χ0v) is 8.04. The van der Waals surface area contributed by atoms with Crippen molar-refractivity contribution in [1.82, 2.24) is 0 Å². The van der Waals surface area contributed by atoms with Crippen LogP contribution in [0.15, 0.2) is 18.2 Å². The van der Waals surface area contributed by atoms with Gasteiger partial charge in [0.05, 0.1) is 6.61 Å². The molecule has 0 N–H and O–H groups in total. The van der Waals surface area contributed by atoms with Crippen LogP contribution in [-0.4, -0.2) is 12.6 Å². The van der Waals surface area contributed by atoms with Crippen LogP contribution in [0, 0.1) is 5.82 Å². The first-order chi connectivity index (χ1) is 6.63. The molecule has 1 aromatic rings. The third kappa shape index (κ3) is 2.73. The summed E-state index contributed by atoms with van der Waals surface area (Å²) in [4.78, 5) is 10.7. The minimum absolute atomic E-state index is 0.111. The Morgan fingerprint density at radius 1 is 1.43 bits per heavy atom. The molecule has 1 aromatic carbocycles. The summed E-state index contributed by atoms with van der Waals surface area (Å²) in [7, 11) is 0. The van der Waals surface area contributed by atoms with E-state index in [9.17, 15) is 9.18 Å². The second-order valence-electron chi connectivity index (χ2n) is 2.62. The Hall–Kier alpha value is -1.58. The third-order valence-electron chi connectivity index (χ3n) is 1.46. The zero-order valence-electron chi connectivity index (χ0n) is 8.04. The van der Waals surface area contributed by atoms with Crippen LogP contribution in [0.4, 0.5) is 4.39 Å². The molecular formula is C10H11FO3.